The molecule has 0 spiro atoms. The molecule has 6 heteroatoms. The maximum Gasteiger partial charge on any atom is 0.253 e. The van der Waals surface area contributed by atoms with E-state index in [1.54, 1.807) is 31.3 Å². The molecule has 0 bridgehead atoms. The highest BCUT2D eigenvalue weighted by Gasteiger charge is 2.39. The number of pyridine rings is 1. The number of likely N-dealkylation sites (N-methyl/N-ethyl adjacent to an activating group) is 1. The quantitative estimate of drug-likeness (QED) is 0.870. The third-order valence-electron chi connectivity index (χ3n) is 3.68. The molecule has 0 unspecified atom stereocenters. The molecule has 1 aliphatic rings. The van der Waals surface area contributed by atoms with Gasteiger partial charge in [-0.25, -0.2) is 0 Å². The summed E-state index contributed by atoms with van der Waals surface area (Å²) in [6, 6.07) is 3.81. The van der Waals surface area contributed by atoms with Crippen LogP contribution in [0.4, 0.5) is 0 Å². The Morgan fingerprint density at radius 3 is 3.00 bits per heavy atom. The van der Waals surface area contributed by atoms with Gasteiger partial charge in [0.1, 0.15) is 0 Å². The summed E-state index contributed by atoms with van der Waals surface area (Å²) < 4.78 is 5.55. The monoisotopic (exact) mass is 291 g/mol. The molecule has 1 aromatic rings. The minimum Gasteiger partial charge on any atom is -0.362 e. The van der Waals surface area contributed by atoms with Crippen molar-refractivity contribution in [3.8, 4) is 0 Å². The van der Waals surface area contributed by atoms with Crippen LogP contribution < -0.4 is 5.32 Å². The van der Waals surface area contributed by atoms with Crippen LogP contribution in [-0.4, -0.2) is 54.0 Å². The number of carbonyl (C=O) groups excluding carboxylic acids is 2. The van der Waals surface area contributed by atoms with Gasteiger partial charge in [-0.15, -0.1) is 0 Å². The maximum absolute atomic E-state index is 12.3. The van der Waals surface area contributed by atoms with E-state index >= 15 is 0 Å². The molecular formula is C15H21N3O3. The molecule has 1 aliphatic heterocycles. The van der Waals surface area contributed by atoms with Gasteiger partial charge in [-0.2, -0.15) is 0 Å². The molecule has 1 saturated heterocycles. The second kappa shape index (κ2) is 6.67. The molecule has 6 nitrogen and oxygen atoms in total. The van der Waals surface area contributed by atoms with Crippen LogP contribution in [0.2, 0.25) is 0 Å². The van der Waals surface area contributed by atoms with Crippen LogP contribution in [0.25, 0.3) is 0 Å². The first-order chi connectivity index (χ1) is 10.0. The molecule has 21 heavy (non-hydrogen) atoms. The predicted octanol–water partition coefficient (Wildman–Crippen LogP) is 0.378. The fourth-order valence-corrected chi connectivity index (χ4v) is 2.44. The van der Waals surface area contributed by atoms with Crippen LogP contribution in [0.15, 0.2) is 24.5 Å². The summed E-state index contributed by atoms with van der Waals surface area (Å²) in [6.45, 7) is 2.91. The summed E-state index contributed by atoms with van der Waals surface area (Å²) in [4.78, 5) is 29.9. The second-order valence-electron chi connectivity index (χ2n) is 5.34. The third kappa shape index (κ3) is 3.78. The average Bonchev–Trinajstić information content (AvgIpc) is 2.52. The molecule has 0 radical (unpaired) electrons. The lowest BCUT2D eigenvalue weighted by molar-refractivity contribution is -0.162. The molecule has 0 aliphatic carbocycles. The number of morpholine rings is 1. The van der Waals surface area contributed by atoms with Crippen molar-refractivity contribution in [1.29, 1.82) is 0 Å². The van der Waals surface area contributed by atoms with Crippen molar-refractivity contribution in [3.05, 3.63) is 30.1 Å². The molecule has 1 aromatic heterocycles. The number of carbonyl (C=O) groups is 2. The Balaban J connectivity index is 1.92. The normalized spacial score (nSPS) is 21.9. The number of hydrogen-bond acceptors (Lipinski definition) is 4. The lowest BCUT2D eigenvalue weighted by atomic mass is 10.0. The van der Waals surface area contributed by atoms with Gasteiger partial charge in [0.25, 0.3) is 5.91 Å². The van der Waals surface area contributed by atoms with E-state index in [0.29, 0.717) is 32.5 Å². The van der Waals surface area contributed by atoms with Gasteiger partial charge in [-0.05, 0) is 25.0 Å². The molecule has 2 heterocycles. The molecule has 2 amide bonds. The highest BCUT2D eigenvalue weighted by molar-refractivity contribution is 5.86. The summed E-state index contributed by atoms with van der Waals surface area (Å²) in [5, 5.41) is 2.58. The first-order valence-corrected chi connectivity index (χ1v) is 7.08. The van der Waals surface area contributed by atoms with Gasteiger partial charge >= 0.3 is 0 Å². The first kappa shape index (κ1) is 15.4. The van der Waals surface area contributed by atoms with Crippen LogP contribution in [0.3, 0.4) is 0 Å². The Kier molecular flexibility index (Phi) is 4.90. The van der Waals surface area contributed by atoms with E-state index in [-0.39, 0.29) is 11.8 Å². The highest BCUT2D eigenvalue weighted by Crippen LogP contribution is 2.19. The molecule has 2 rings (SSSR count). The zero-order chi connectivity index (χ0) is 15.3. The molecule has 114 valence electrons. The lowest BCUT2D eigenvalue weighted by Gasteiger charge is -2.39. The van der Waals surface area contributed by atoms with Gasteiger partial charge in [0.15, 0.2) is 5.60 Å². The van der Waals surface area contributed by atoms with Gasteiger partial charge in [-0.1, -0.05) is 6.07 Å². The lowest BCUT2D eigenvalue weighted by Crippen LogP contribution is -2.58. The summed E-state index contributed by atoms with van der Waals surface area (Å²) in [5.41, 5.74) is 0.0740. The summed E-state index contributed by atoms with van der Waals surface area (Å²) in [6.07, 6.45) is 4.54. The van der Waals surface area contributed by atoms with E-state index < -0.39 is 5.60 Å². The van der Waals surface area contributed by atoms with Crippen LogP contribution in [0.1, 0.15) is 18.9 Å². The second-order valence-corrected chi connectivity index (χ2v) is 5.34. The maximum atomic E-state index is 12.3. The van der Waals surface area contributed by atoms with Crippen molar-refractivity contribution in [2.24, 2.45) is 0 Å². The zero-order valence-electron chi connectivity index (χ0n) is 12.5. The Morgan fingerprint density at radius 1 is 1.52 bits per heavy atom. The fraction of sp³-hybridized carbons (Fsp3) is 0.533. The van der Waals surface area contributed by atoms with E-state index in [1.165, 1.54) is 0 Å². The number of nitrogens with zero attached hydrogens (tertiary/aromatic N) is 2. The molecule has 0 saturated carbocycles. The summed E-state index contributed by atoms with van der Waals surface area (Å²) >= 11 is 0. The van der Waals surface area contributed by atoms with Crippen molar-refractivity contribution < 1.29 is 14.3 Å². The van der Waals surface area contributed by atoms with Crippen molar-refractivity contribution >= 4 is 11.8 Å². The van der Waals surface area contributed by atoms with Gasteiger partial charge in [0.05, 0.1) is 13.2 Å². The minimum atomic E-state index is -0.961. The van der Waals surface area contributed by atoms with Gasteiger partial charge in [-0.3, -0.25) is 14.6 Å². The molecule has 1 atom stereocenters. The highest BCUT2D eigenvalue weighted by atomic mass is 16.5. The van der Waals surface area contributed by atoms with E-state index in [2.05, 4.69) is 10.3 Å². The SMILES string of the molecule is CNC(=O)[C@]1(C)CN(C(=O)CCc2cccnc2)CCO1. The average molecular weight is 291 g/mol. The summed E-state index contributed by atoms with van der Waals surface area (Å²) in [5.74, 6) is -0.162. The topological polar surface area (TPSA) is 71.5 Å². The van der Waals surface area contributed by atoms with E-state index in [0.717, 1.165) is 5.56 Å². The molecule has 1 N–H and O–H groups in total. The number of hydrogen-bond donors (Lipinski definition) is 1. The number of aryl methyl sites for hydroxylation is 1. The number of nitrogens with one attached hydrogen (secondary N) is 1. The zero-order valence-corrected chi connectivity index (χ0v) is 12.5. The number of rotatable bonds is 4. The largest absolute Gasteiger partial charge is 0.362 e. The minimum absolute atomic E-state index is 0.0391. The fourth-order valence-electron chi connectivity index (χ4n) is 2.44. The Morgan fingerprint density at radius 2 is 2.33 bits per heavy atom. The number of aromatic nitrogens is 1. The van der Waals surface area contributed by atoms with E-state index in [4.69, 9.17) is 4.74 Å². The molecule has 1 fully saturated rings. The van der Waals surface area contributed by atoms with Crippen LogP contribution in [-0.2, 0) is 20.7 Å². The smallest absolute Gasteiger partial charge is 0.253 e. The Hall–Kier alpha value is -1.95. The van der Waals surface area contributed by atoms with E-state index in [1.807, 2.05) is 12.1 Å². The van der Waals surface area contributed by atoms with Crippen molar-refractivity contribution in [3.63, 3.8) is 0 Å². The first-order valence-electron chi connectivity index (χ1n) is 7.08. The van der Waals surface area contributed by atoms with Gasteiger partial charge < -0.3 is 15.0 Å². The Labute approximate surface area is 124 Å². The standard InChI is InChI=1S/C15H21N3O3/c1-15(14(20)16-2)11-18(8-9-21-15)13(19)6-5-12-4-3-7-17-10-12/h3-4,7,10H,5-6,8-9,11H2,1-2H3,(H,16,20)/t15-/m0/s1. The third-order valence-corrected chi connectivity index (χ3v) is 3.68. The predicted molar refractivity (Wildman–Crippen MR) is 77.6 cm³/mol. The molecule has 0 aromatic carbocycles. The molecular weight excluding hydrogens is 270 g/mol. The van der Waals surface area contributed by atoms with Crippen molar-refractivity contribution in [2.75, 3.05) is 26.7 Å². The summed E-state index contributed by atoms with van der Waals surface area (Å²) in [7, 11) is 1.57. The van der Waals surface area contributed by atoms with E-state index in [9.17, 15) is 9.59 Å². The Bertz CT molecular complexity index is 506. The van der Waals surface area contributed by atoms with Gasteiger partial charge in [0.2, 0.25) is 5.91 Å². The number of amides is 2. The van der Waals surface area contributed by atoms with Gasteiger partial charge in [0, 0.05) is 32.4 Å². The van der Waals surface area contributed by atoms with Crippen LogP contribution in [0, 0.1) is 0 Å². The van der Waals surface area contributed by atoms with Crippen LogP contribution >= 0.6 is 0 Å². The van der Waals surface area contributed by atoms with Crippen molar-refractivity contribution in [1.82, 2.24) is 15.2 Å². The number of ether oxygens (including phenoxy) is 1. The van der Waals surface area contributed by atoms with Crippen molar-refractivity contribution in [2.45, 2.75) is 25.4 Å². The van der Waals surface area contributed by atoms with Crippen LogP contribution in [0.5, 0.6) is 0 Å².